The van der Waals surface area contributed by atoms with Crippen LogP contribution in [0.5, 0.6) is 0 Å². The van der Waals surface area contributed by atoms with Crippen molar-refractivity contribution in [3.05, 3.63) is 43.0 Å². The summed E-state index contributed by atoms with van der Waals surface area (Å²) in [6.45, 7) is 1.05. The number of ether oxygens (including phenoxy) is 1. The Morgan fingerprint density at radius 1 is 1.09 bits per heavy atom. The largest absolute Gasteiger partial charge is 0.381 e. The van der Waals surface area contributed by atoms with Crippen molar-refractivity contribution in [1.82, 2.24) is 9.97 Å². The number of halogens is 1. The van der Waals surface area contributed by atoms with Gasteiger partial charge in [-0.3, -0.25) is 4.79 Å². The predicted molar refractivity (Wildman–Crippen MR) is 90.3 cm³/mol. The van der Waals surface area contributed by atoms with Gasteiger partial charge in [0.05, 0.1) is 0 Å². The third-order valence-corrected chi connectivity index (χ3v) is 3.87. The molecule has 6 nitrogen and oxygen atoms in total. The molecule has 0 aliphatic carbocycles. The van der Waals surface area contributed by atoms with E-state index in [4.69, 9.17) is 10.5 Å². The summed E-state index contributed by atoms with van der Waals surface area (Å²) in [7, 11) is 0. The number of benzene rings is 1. The second kappa shape index (κ2) is 7.50. The summed E-state index contributed by atoms with van der Waals surface area (Å²) in [5, 5.41) is 2.88. The number of nitrogens with zero attached hydrogens (tertiary/aromatic N) is 2. The van der Waals surface area contributed by atoms with E-state index in [0.717, 1.165) is 16.8 Å². The van der Waals surface area contributed by atoms with E-state index in [2.05, 4.69) is 15.3 Å². The number of hydrogen-bond acceptors (Lipinski definition) is 5. The standard InChI is InChI=1S/C16H18N4O2.ClH/c17-16(5-7-22-8-6-16)15(21)20-14-3-1-12(2-4-14)13-9-18-11-19-10-13;/h1-4,9-11H,5-8,17H2,(H,20,21);1H. The van der Waals surface area contributed by atoms with Crippen LogP contribution in [-0.2, 0) is 9.53 Å². The number of rotatable bonds is 3. The molecule has 3 N–H and O–H groups in total. The average molecular weight is 335 g/mol. The highest BCUT2D eigenvalue weighted by molar-refractivity contribution is 5.98. The Bertz CT molecular complexity index is 643. The van der Waals surface area contributed by atoms with Crippen LogP contribution in [0.25, 0.3) is 11.1 Å². The minimum atomic E-state index is -0.843. The molecule has 1 aromatic heterocycles. The SMILES string of the molecule is Cl.NC1(C(=O)Nc2ccc(-c3cncnc3)cc2)CCOCC1. The quantitative estimate of drug-likeness (QED) is 0.896. The number of amides is 1. The van der Waals surface area contributed by atoms with E-state index >= 15 is 0 Å². The molecule has 0 bridgehead atoms. The fraction of sp³-hybridized carbons (Fsp3) is 0.312. The second-order valence-electron chi connectivity index (χ2n) is 5.43. The van der Waals surface area contributed by atoms with Gasteiger partial charge < -0.3 is 15.8 Å². The van der Waals surface area contributed by atoms with Crippen molar-refractivity contribution in [2.75, 3.05) is 18.5 Å². The summed E-state index contributed by atoms with van der Waals surface area (Å²) in [5.41, 5.74) is 7.97. The molecule has 1 aliphatic heterocycles. The van der Waals surface area contributed by atoms with Crippen LogP contribution in [0.1, 0.15) is 12.8 Å². The number of nitrogens with two attached hydrogens (primary N) is 1. The molecule has 0 radical (unpaired) electrons. The van der Waals surface area contributed by atoms with E-state index in [1.165, 1.54) is 6.33 Å². The maximum absolute atomic E-state index is 12.3. The fourth-order valence-electron chi connectivity index (χ4n) is 2.41. The molecule has 3 rings (SSSR count). The maximum Gasteiger partial charge on any atom is 0.244 e. The van der Waals surface area contributed by atoms with Gasteiger partial charge >= 0.3 is 0 Å². The van der Waals surface area contributed by atoms with E-state index in [0.29, 0.717) is 26.1 Å². The van der Waals surface area contributed by atoms with Gasteiger partial charge in [0.25, 0.3) is 0 Å². The van der Waals surface area contributed by atoms with Gasteiger partial charge in [0, 0.05) is 36.9 Å². The van der Waals surface area contributed by atoms with Crippen molar-refractivity contribution in [1.29, 1.82) is 0 Å². The summed E-state index contributed by atoms with van der Waals surface area (Å²) >= 11 is 0. The normalized spacial score (nSPS) is 16.2. The molecule has 7 heteroatoms. The highest BCUT2D eigenvalue weighted by Crippen LogP contribution is 2.22. The van der Waals surface area contributed by atoms with Crippen LogP contribution >= 0.6 is 12.4 Å². The molecular formula is C16H19ClN4O2. The molecule has 0 atom stereocenters. The molecule has 1 fully saturated rings. The summed E-state index contributed by atoms with van der Waals surface area (Å²) in [4.78, 5) is 20.3. The Hall–Kier alpha value is -2.02. The average Bonchev–Trinajstić information content (AvgIpc) is 2.57. The van der Waals surface area contributed by atoms with Gasteiger partial charge in [-0.2, -0.15) is 0 Å². The zero-order chi connectivity index (χ0) is 15.4. The smallest absolute Gasteiger partial charge is 0.244 e. The van der Waals surface area contributed by atoms with Gasteiger partial charge in [-0.25, -0.2) is 9.97 Å². The monoisotopic (exact) mass is 334 g/mol. The lowest BCUT2D eigenvalue weighted by molar-refractivity contribution is -0.124. The van der Waals surface area contributed by atoms with Crippen LogP contribution in [-0.4, -0.2) is 34.6 Å². The first-order valence-electron chi connectivity index (χ1n) is 7.21. The lowest BCUT2D eigenvalue weighted by atomic mass is 9.90. The second-order valence-corrected chi connectivity index (χ2v) is 5.43. The van der Waals surface area contributed by atoms with Crippen LogP contribution in [0.3, 0.4) is 0 Å². The fourth-order valence-corrected chi connectivity index (χ4v) is 2.41. The predicted octanol–water partition coefficient (Wildman–Crippen LogP) is 2.01. The molecule has 1 saturated heterocycles. The zero-order valence-corrected chi connectivity index (χ0v) is 13.4. The Morgan fingerprint density at radius 3 is 2.30 bits per heavy atom. The molecule has 1 aromatic carbocycles. The van der Waals surface area contributed by atoms with Gasteiger partial charge in [-0.15, -0.1) is 12.4 Å². The Kier molecular flexibility index (Phi) is 5.65. The van der Waals surface area contributed by atoms with Crippen LogP contribution in [0.4, 0.5) is 5.69 Å². The van der Waals surface area contributed by atoms with E-state index in [-0.39, 0.29) is 18.3 Å². The van der Waals surface area contributed by atoms with Crippen molar-refractivity contribution < 1.29 is 9.53 Å². The molecule has 122 valence electrons. The first-order chi connectivity index (χ1) is 10.7. The van der Waals surface area contributed by atoms with Crippen LogP contribution in [0.15, 0.2) is 43.0 Å². The summed E-state index contributed by atoms with van der Waals surface area (Å²) in [6, 6.07) is 7.54. The first kappa shape index (κ1) is 17.3. The third-order valence-electron chi connectivity index (χ3n) is 3.87. The minimum absolute atomic E-state index is 0. The molecule has 2 heterocycles. The van der Waals surface area contributed by atoms with E-state index in [1.807, 2.05) is 24.3 Å². The van der Waals surface area contributed by atoms with Crippen molar-refractivity contribution >= 4 is 24.0 Å². The Labute approximate surface area is 140 Å². The van der Waals surface area contributed by atoms with Gasteiger partial charge in [0.2, 0.25) is 5.91 Å². The number of hydrogen-bond donors (Lipinski definition) is 2. The molecule has 0 saturated carbocycles. The summed E-state index contributed by atoms with van der Waals surface area (Å²) < 4.78 is 5.26. The molecule has 1 aliphatic rings. The van der Waals surface area contributed by atoms with Crippen LogP contribution in [0.2, 0.25) is 0 Å². The highest BCUT2D eigenvalue weighted by atomic mass is 35.5. The molecule has 23 heavy (non-hydrogen) atoms. The van der Waals surface area contributed by atoms with Gasteiger partial charge in [0.1, 0.15) is 11.9 Å². The van der Waals surface area contributed by atoms with Gasteiger partial charge in [-0.1, -0.05) is 12.1 Å². The van der Waals surface area contributed by atoms with E-state index < -0.39 is 5.54 Å². The van der Waals surface area contributed by atoms with Crippen molar-refractivity contribution in [3.63, 3.8) is 0 Å². The summed E-state index contributed by atoms with van der Waals surface area (Å²) in [6.07, 6.45) is 6.07. The molecule has 2 aromatic rings. The molecule has 0 unspecified atom stereocenters. The molecular weight excluding hydrogens is 316 g/mol. The van der Waals surface area contributed by atoms with Crippen LogP contribution < -0.4 is 11.1 Å². The number of aromatic nitrogens is 2. The van der Waals surface area contributed by atoms with Crippen molar-refractivity contribution in [3.8, 4) is 11.1 Å². The number of carbonyl (C=O) groups is 1. The number of carbonyl (C=O) groups excluding carboxylic acids is 1. The van der Waals surface area contributed by atoms with E-state index in [1.54, 1.807) is 12.4 Å². The van der Waals surface area contributed by atoms with Gasteiger partial charge in [-0.05, 0) is 30.5 Å². The number of anilines is 1. The van der Waals surface area contributed by atoms with Crippen molar-refractivity contribution in [2.24, 2.45) is 5.73 Å². The first-order valence-corrected chi connectivity index (χ1v) is 7.21. The van der Waals surface area contributed by atoms with Gasteiger partial charge in [0.15, 0.2) is 0 Å². The maximum atomic E-state index is 12.3. The third kappa shape index (κ3) is 4.04. The topological polar surface area (TPSA) is 90.1 Å². The lowest BCUT2D eigenvalue weighted by Crippen LogP contribution is -2.54. The Morgan fingerprint density at radius 2 is 1.70 bits per heavy atom. The minimum Gasteiger partial charge on any atom is -0.381 e. The van der Waals surface area contributed by atoms with E-state index in [9.17, 15) is 4.79 Å². The molecule has 0 spiro atoms. The Balaban J connectivity index is 0.00000192. The highest BCUT2D eigenvalue weighted by Gasteiger charge is 2.35. The summed E-state index contributed by atoms with van der Waals surface area (Å²) in [5.74, 6) is -0.161. The number of nitrogens with one attached hydrogen (secondary N) is 1. The zero-order valence-electron chi connectivity index (χ0n) is 12.6. The van der Waals surface area contributed by atoms with Crippen molar-refractivity contribution in [2.45, 2.75) is 18.4 Å². The lowest BCUT2D eigenvalue weighted by Gasteiger charge is -2.31. The van der Waals surface area contributed by atoms with Crippen LogP contribution in [0, 0.1) is 0 Å². The molecule has 1 amide bonds.